The first-order valence-corrected chi connectivity index (χ1v) is 10.5. The van der Waals surface area contributed by atoms with E-state index in [-0.39, 0.29) is 5.91 Å². The lowest BCUT2D eigenvalue weighted by atomic mass is 9.99. The zero-order valence-corrected chi connectivity index (χ0v) is 16.2. The summed E-state index contributed by atoms with van der Waals surface area (Å²) in [6.45, 7) is 0. The molecule has 0 unspecified atom stereocenters. The first-order valence-electron chi connectivity index (χ1n) is 8.82. The molecule has 0 heterocycles. The highest BCUT2D eigenvalue weighted by molar-refractivity contribution is 8.22. The quantitative estimate of drug-likeness (QED) is 0.387. The van der Waals surface area contributed by atoms with Crippen molar-refractivity contribution in [2.24, 2.45) is 5.10 Å². The molecule has 1 fully saturated rings. The maximum atomic E-state index is 12.4. The van der Waals surface area contributed by atoms with Crippen LogP contribution in [0.2, 0.25) is 0 Å². The molecule has 1 N–H and O–H groups in total. The molecule has 0 radical (unpaired) electrons. The van der Waals surface area contributed by atoms with E-state index >= 15 is 0 Å². The molecule has 1 aliphatic rings. The standard InChI is InChI=1S/C21H22N2OS2/c24-20(23-22-17-10-4-1-5-11-17)16-21(25-18-12-6-2-7-13-18)26-19-14-8-3-9-15-19/h2-3,6-9,12-16H,1,4-5,10-11H2,(H,23,24). The van der Waals surface area contributed by atoms with Crippen LogP contribution < -0.4 is 5.43 Å². The first kappa shape index (κ1) is 18.8. The Hall–Kier alpha value is -1.98. The summed E-state index contributed by atoms with van der Waals surface area (Å²) in [7, 11) is 0. The Labute approximate surface area is 163 Å². The fourth-order valence-corrected chi connectivity index (χ4v) is 4.76. The van der Waals surface area contributed by atoms with Gasteiger partial charge in [-0.05, 0) is 49.9 Å². The second-order valence-corrected chi connectivity index (χ2v) is 8.50. The van der Waals surface area contributed by atoms with Crippen molar-refractivity contribution in [1.82, 2.24) is 5.43 Å². The molecule has 26 heavy (non-hydrogen) atoms. The van der Waals surface area contributed by atoms with Gasteiger partial charge in [-0.15, -0.1) is 0 Å². The minimum atomic E-state index is -0.176. The van der Waals surface area contributed by atoms with Crippen LogP contribution >= 0.6 is 23.5 Å². The van der Waals surface area contributed by atoms with Crippen molar-refractivity contribution >= 4 is 35.1 Å². The number of nitrogens with zero attached hydrogens (tertiary/aromatic N) is 1. The van der Waals surface area contributed by atoms with E-state index in [0.29, 0.717) is 0 Å². The van der Waals surface area contributed by atoms with Crippen LogP contribution in [0, 0.1) is 0 Å². The van der Waals surface area contributed by atoms with Gasteiger partial charge in [0.15, 0.2) is 0 Å². The SMILES string of the molecule is O=C(C=C(Sc1ccccc1)Sc1ccccc1)NN=C1CCCCC1. The number of amides is 1. The summed E-state index contributed by atoms with van der Waals surface area (Å²) >= 11 is 3.18. The normalized spacial score (nSPS) is 13.8. The molecular weight excluding hydrogens is 360 g/mol. The topological polar surface area (TPSA) is 41.5 Å². The lowest BCUT2D eigenvalue weighted by Gasteiger charge is -2.12. The molecule has 2 aromatic carbocycles. The lowest BCUT2D eigenvalue weighted by Crippen LogP contribution is -2.18. The summed E-state index contributed by atoms with van der Waals surface area (Å²) in [5, 5.41) is 4.30. The minimum Gasteiger partial charge on any atom is -0.268 e. The number of thioether (sulfide) groups is 2. The highest BCUT2D eigenvalue weighted by Gasteiger charge is 2.09. The average molecular weight is 383 g/mol. The van der Waals surface area contributed by atoms with Crippen molar-refractivity contribution in [3.8, 4) is 0 Å². The number of benzene rings is 2. The number of hydrogen-bond donors (Lipinski definition) is 1. The van der Waals surface area contributed by atoms with Crippen molar-refractivity contribution in [2.45, 2.75) is 41.9 Å². The van der Waals surface area contributed by atoms with Crippen molar-refractivity contribution < 1.29 is 4.79 Å². The van der Waals surface area contributed by atoms with Crippen LogP contribution in [0.1, 0.15) is 32.1 Å². The van der Waals surface area contributed by atoms with Gasteiger partial charge in [-0.25, -0.2) is 5.43 Å². The highest BCUT2D eigenvalue weighted by atomic mass is 32.2. The van der Waals surface area contributed by atoms with Crippen LogP contribution in [0.4, 0.5) is 0 Å². The van der Waals surface area contributed by atoms with Gasteiger partial charge in [0.05, 0.1) is 4.24 Å². The number of carbonyl (C=O) groups is 1. The summed E-state index contributed by atoms with van der Waals surface area (Å²) < 4.78 is 0.920. The Balaban J connectivity index is 1.70. The second kappa shape index (κ2) is 10.2. The van der Waals surface area contributed by atoms with E-state index in [0.717, 1.165) is 32.6 Å². The van der Waals surface area contributed by atoms with Gasteiger partial charge in [-0.1, -0.05) is 66.3 Å². The Kier molecular flexibility index (Phi) is 7.40. The highest BCUT2D eigenvalue weighted by Crippen LogP contribution is 2.38. The van der Waals surface area contributed by atoms with E-state index in [1.165, 1.54) is 19.3 Å². The first-order chi connectivity index (χ1) is 12.8. The molecule has 2 aromatic rings. The predicted molar refractivity (Wildman–Crippen MR) is 111 cm³/mol. The van der Waals surface area contributed by atoms with Gasteiger partial charge in [0.2, 0.25) is 0 Å². The molecule has 0 bridgehead atoms. The zero-order valence-electron chi connectivity index (χ0n) is 14.6. The van der Waals surface area contributed by atoms with E-state index in [2.05, 4.69) is 10.5 Å². The number of hydrogen-bond acceptors (Lipinski definition) is 4. The fraction of sp³-hybridized carbons (Fsp3) is 0.238. The second-order valence-electron chi connectivity index (χ2n) is 6.01. The van der Waals surface area contributed by atoms with Crippen molar-refractivity contribution in [1.29, 1.82) is 0 Å². The molecule has 0 saturated heterocycles. The molecule has 0 aliphatic heterocycles. The number of hydrazone groups is 1. The van der Waals surface area contributed by atoms with Crippen molar-refractivity contribution in [2.75, 3.05) is 0 Å². The molecule has 3 nitrogen and oxygen atoms in total. The Morgan fingerprint density at radius 1 is 0.846 bits per heavy atom. The van der Waals surface area contributed by atoms with Gasteiger partial charge in [0, 0.05) is 21.6 Å². The zero-order chi connectivity index (χ0) is 18.0. The Morgan fingerprint density at radius 3 is 1.92 bits per heavy atom. The molecule has 1 aliphatic carbocycles. The Morgan fingerprint density at radius 2 is 1.38 bits per heavy atom. The molecule has 3 rings (SSSR count). The van der Waals surface area contributed by atoms with Gasteiger partial charge in [0.1, 0.15) is 0 Å². The van der Waals surface area contributed by atoms with Gasteiger partial charge in [-0.2, -0.15) is 5.10 Å². The van der Waals surface area contributed by atoms with Crippen LogP contribution in [0.15, 0.2) is 85.9 Å². The summed E-state index contributed by atoms with van der Waals surface area (Å²) in [5.74, 6) is -0.176. The molecule has 1 amide bonds. The van der Waals surface area contributed by atoms with Crippen LogP contribution in [0.3, 0.4) is 0 Å². The molecule has 0 atom stereocenters. The van der Waals surface area contributed by atoms with Gasteiger partial charge >= 0.3 is 0 Å². The molecule has 0 spiro atoms. The molecular formula is C21H22N2OS2. The lowest BCUT2D eigenvalue weighted by molar-refractivity contribution is -0.116. The van der Waals surface area contributed by atoms with Gasteiger partial charge in [-0.3, -0.25) is 4.79 Å². The predicted octanol–water partition coefficient (Wildman–Crippen LogP) is 5.85. The number of nitrogens with one attached hydrogen (secondary N) is 1. The third kappa shape index (κ3) is 6.39. The average Bonchev–Trinajstić information content (AvgIpc) is 2.69. The molecule has 1 saturated carbocycles. The van der Waals surface area contributed by atoms with E-state index in [1.807, 2.05) is 60.7 Å². The van der Waals surface area contributed by atoms with Gasteiger partial charge in [0.25, 0.3) is 5.91 Å². The van der Waals surface area contributed by atoms with Crippen LogP contribution in [0.5, 0.6) is 0 Å². The molecule has 0 aromatic heterocycles. The minimum absolute atomic E-state index is 0.176. The smallest absolute Gasteiger partial charge is 0.265 e. The van der Waals surface area contributed by atoms with E-state index in [4.69, 9.17) is 0 Å². The maximum absolute atomic E-state index is 12.4. The van der Waals surface area contributed by atoms with Crippen LogP contribution in [-0.4, -0.2) is 11.6 Å². The van der Waals surface area contributed by atoms with Crippen molar-refractivity contribution in [3.63, 3.8) is 0 Å². The third-order valence-electron chi connectivity index (χ3n) is 3.93. The van der Waals surface area contributed by atoms with Crippen molar-refractivity contribution in [3.05, 3.63) is 71.0 Å². The largest absolute Gasteiger partial charge is 0.268 e. The Bertz CT molecular complexity index is 722. The van der Waals surface area contributed by atoms with E-state index in [9.17, 15) is 4.79 Å². The van der Waals surface area contributed by atoms with E-state index in [1.54, 1.807) is 29.6 Å². The maximum Gasteiger partial charge on any atom is 0.265 e. The summed E-state index contributed by atoms with van der Waals surface area (Å²) in [6.07, 6.45) is 7.23. The number of rotatable bonds is 6. The number of carbonyl (C=O) groups excluding carboxylic acids is 1. The summed E-state index contributed by atoms with van der Waals surface area (Å²) in [4.78, 5) is 14.6. The van der Waals surface area contributed by atoms with Gasteiger partial charge < -0.3 is 0 Å². The summed E-state index contributed by atoms with van der Waals surface area (Å²) in [6, 6.07) is 20.2. The van der Waals surface area contributed by atoms with E-state index < -0.39 is 0 Å². The molecule has 134 valence electrons. The fourth-order valence-electron chi connectivity index (χ4n) is 2.63. The monoisotopic (exact) mass is 382 g/mol. The third-order valence-corrected chi connectivity index (χ3v) is 6.08. The van der Waals surface area contributed by atoms with Crippen LogP contribution in [-0.2, 0) is 4.79 Å². The summed E-state index contributed by atoms with van der Waals surface area (Å²) in [5.41, 5.74) is 3.80. The van der Waals surface area contributed by atoms with Crippen LogP contribution in [0.25, 0.3) is 0 Å². The molecule has 5 heteroatoms.